The van der Waals surface area contributed by atoms with Crippen molar-refractivity contribution in [3.05, 3.63) is 34.9 Å². The largest absolute Gasteiger partial charge is 0.459 e. The summed E-state index contributed by atoms with van der Waals surface area (Å²) in [6.07, 6.45) is -4.40. The average Bonchev–Trinajstić information content (AvgIpc) is 2.75. The Morgan fingerprint density at radius 3 is 2.48 bits per heavy atom. The van der Waals surface area contributed by atoms with E-state index in [0.29, 0.717) is 5.02 Å². The van der Waals surface area contributed by atoms with Gasteiger partial charge in [0.2, 0.25) is 0 Å². The number of rotatable bonds is 3. The van der Waals surface area contributed by atoms with E-state index in [1.165, 1.54) is 12.1 Å². The molecule has 2 rings (SSSR count). The van der Waals surface area contributed by atoms with Gasteiger partial charge >= 0.3 is 5.97 Å². The molecule has 1 aromatic carbocycles. The number of halogens is 1. The maximum atomic E-state index is 12.0. The van der Waals surface area contributed by atoms with Gasteiger partial charge < -0.3 is 24.8 Å². The first-order chi connectivity index (χ1) is 11.5. The second kappa shape index (κ2) is 7.46. The van der Waals surface area contributed by atoms with Gasteiger partial charge in [-0.2, -0.15) is 0 Å². The van der Waals surface area contributed by atoms with Crippen LogP contribution in [-0.2, 0) is 9.47 Å². The number of hydrogen-bond donors (Lipinski definition) is 3. The summed E-state index contributed by atoms with van der Waals surface area (Å²) in [4.78, 5) is 12.0. The lowest BCUT2D eigenvalue weighted by molar-refractivity contribution is -0.133. The van der Waals surface area contributed by atoms with Crippen LogP contribution in [0.4, 0.5) is 0 Å². The number of ether oxygens (including phenoxy) is 2. The third kappa shape index (κ3) is 4.82. The molecule has 0 bridgehead atoms. The van der Waals surface area contributed by atoms with Crippen LogP contribution in [0.2, 0.25) is 24.7 Å². The van der Waals surface area contributed by atoms with Crippen molar-refractivity contribution in [1.29, 1.82) is 0 Å². The monoisotopic (exact) mass is 384 g/mol. The highest BCUT2D eigenvalue weighted by Gasteiger charge is 2.55. The molecule has 1 unspecified atom stereocenters. The van der Waals surface area contributed by atoms with Gasteiger partial charge in [0.15, 0.2) is 11.9 Å². The van der Waals surface area contributed by atoms with Gasteiger partial charge in [-0.25, -0.2) is 4.79 Å². The molecule has 3 N–H and O–H groups in total. The van der Waals surface area contributed by atoms with Crippen LogP contribution in [-0.4, -0.2) is 60.1 Å². The summed E-state index contributed by atoms with van der Waals surface area (Å²) in [6, 6.07) is 6.10. The van der Waals surface area contributed by atoms with Gasteiger partial charge in [-0.15, -0.1) is 5.54 Å². The molecule has 0 amide bonds. The molecule has 0 spiro atoms. The van der Waals surface area contributed by atoms with Crippen molar-refractivity contribution in [2.45, 2.75) is 43.7 Å². The fourth-order valence-corrected chi connectivity index (χ4v) is 2.88. The van der Waals surface area contributed by atoms with Crippen molar-refractivity contribution in [2.75, 3.05) is 6.61 Å². The maximum absolute atomic E-state index is 12.0. The van der Waals surface area contributed by atoms with Crippen molar-refractivity contribution in [3.63, 3.8) is 0 Å². The molecule has 1 fully saturated rings. The molecular formula is C17H21ClO6Si. The Morgan fingerprint density at radius 2 is 1.92 bits per heavy atom. The van der Waals surface area contributed by atoms with Gasteiger partial charge in [-0.1, -0.05) is 37.2 Å². The van der Waals surface area contributed by atoms with E-state index in [1.807, 2.05) is 19.6 Å². The quantitative estimate of drug-likeness (QED) is 0.411. The fourth-order valence-electron chi connectivity index (χ4n) is 2.18. The van der Waals surface area contributed by atoms with Crippen LogP contribution >= 0.6 is 11.6 Å². The van der Waals surface area contributed by atoms with Gasteiger partial charge in [0, 0.05) is 5.02 Å². The number of aliphatic hydroxyl groups is 3. The van der Waals surface area contributed by atoms with E-state index < -0.39 is 38.1 Å². The first kappa shape index (κ1) is 19.9. The van der Waals surface area contributed by atoms with E-state index in [4.69, 9.17) is 21.1 Å². The molecule has 0 radical (unpaired) electrons. The molecule has 1 aliphatic heterocycles. The Hall–Kier alpha value is -1.40. The minimum Gasteiger partial charge on any atom is -0.459 e. The van der Waals surface area contributed by atoms with Crippen LogP contribution in [0.5, 0.6) is 0 Å². The zero-order valence-corrected chi connectivity index (χ0v) is 15.9. The van der Waals surface area contributed by atoms with Crippen molar-refractivity contribution in [2.24, 2.45) is 0 Å². The second-order valence-corrected chi connectivity index (χ2v) is 12.1. The Kier molecular flexibility index (Phi) is 5.94. The SMILES string of the molecule is C[Si](C)(C)C#C[C@]1(O)[C@@H](COC(=O)c2ccc(Cl)cc2)OC(O)[C@@H]1O. The van der Waals surface area contributed by atoms with E-state index in [1.54, 1.807) is 12.1 Å². The number of aliphatic hydroxyl groups excluding tert-OH is 2. The molecule has 6 nitrogen and oxygen atoms in total. The van der Waals surface area contributed by atoms with E-state index in [-0.39, 0.29) is 12.2 Å². The molecular weight excluding hydrogens is 364 g/mol. The highest BCUT2D eigenvalue weighted by atomic mass is 35.5. The molecule has 1 aliphatic rings. The summed E-state index contributed by atoms with van der Waals surface area (Å²) in [5.74, 6) is 1.98. The Labute approximate surface area is 152 Å². The number of carbonyl (C=O) groups excluding carboxylic acids is 1. The van der Waals surface area contributed by atoms with Crippen LogP contribution in [0.25, 0.3) is 0 Å². The fraction of sp³-hybridized carbons (Fsp3) is 0.471. The molecule has 0 saturated carbocycles. The van der Waals surface area contributed by atoms with Gasteiger partial charge in [-0.05, 0) is 24.3 Å². The molecule has 4 atom stereocenters. The topological polar surface area (TPSA) is 96.2 Å². The third-order valence-corrected chi connectivity index (χ3v) is 4.73. The maximum Gasteiger partial charge on any atom is 0.338 e. The lowest BCUT2D eigenvalue weighted by Crippen LogP contribution is -2.49. The second-order valence-electron chi connectivity index (χ2n) is 6.89. The lowest BCUT2D eigenvalue weighted by atomic mass is 9.94. The summed E-state index contributed by atoms with van der Waals surface area (Å²) < 4.78 is 10.3. The Morgan fingerprint density at radius 1 is 1.32 bits per heavy atom. The van der Waals surface area contributed by atoms with Crippen molar-refractivity contribution >= 4 is 25.6 Å². The standard InChI is InChI=1S/C17H21ClO6Si/c1-25(2,3)9-8-17(22)13(24-16(21)14(17)19)10-23-15(20)11-4-6-12(18)7-5-11/h4-7,13-14,16,19,21-22H,10H2,1-3H3/t13-,14+,16?,17+/m1/s1. The molecule has 8 heteroatoms. The summed E-state index contributed by atoms with van der Waals surface area (Å²) in [5, 5.41) is 30.9. The van der Waals surface area contributed by atoms with Crippen LogP contribution in [0, 0.1) is 11.5 Å². The van der Waals surface area contributed by atoms with E-state index >= 15 is 0 Å². The predicted octanol–water partition coefficient (Wildman–Crippen LogP) is 1.19. The Bertz CT molecular complexity index is 690. The summed E-state index contributed by atoms with van der Waals surface area (Å²) >= 11 is 5.77. The van der Waals surface area contributed by atoms with Crippen molar-refractivity contribution in [3.8, 4) is 11.5 Å². The normalized spacial score (nSPS) is 29.0. The minimum atomic E-state index is -2.01. The number of benzene rings is 1. The predicted molar refractivity (Wildman–Crippen MR) is 94.7 cm³/mol. The molecule has 1 saturated heterocycles. The lowest BCUT2D eigenvalue weighted by Gasteiger charge is -2.25. The molecule has 0 aliphatic carbocycles. The minimum absolute atomic E-state index is 0.278. The molecule has 0 aromatic heterocycles. The van der Waals surface area contributed by atoms with E-state index in [9.17, 15) is 20.1 Å². The van der Waals surface area contributed by atoms with Crippen LogP contribution in [0.15, 0.2) is 24.3 Å². The number of carbonyl (C=O) groups is 1. The summed E-state index contributed by atoms with van der Waals surface area (Å²) in [5.41, 5.74) is 1.21. The summed E-state index contributed by atoms with van der Waals surface area (Å²) in [6.45, 7) is 5.54. The molecule has 1 aromatic rings. The van der Waals surface area contributed by atoms with Gasteiger partial charge in [-0.3, -0.25) is 0 Å². The van der Waals surface area contributed by atoms with Crippen LogP contribution < -0.4 is 0 Å². The van der Waals surface area contributed by atoms with Crippen LogP contribution in [0.1, 0.15) is 10.4 Å². The smallest absolute Gasteiger partial charge is 0.338 e. The van der Waals surface area contributed by atoms with Crippen LogP contribution in [0.3, 0.4) is 0 Å². The molecule has 25 heavy (non-hydrogen) atoms. The van der Waals surface area contributed by atoms with Crippen molar-refractivity contribution < 1.29 is 29.6 Å². The zero-order chi connectivity index (χ0) is 18.8. The number of esters is 1. The third-order valence-electron chi connectivity index (χ3n) is 3.60. The van der Waals surface area contributed by atoms with Gasteiger partial charge in [0.1, 0.15) is 26.9 Å². The molecule has 136 valence electrons. The zero-order valence-electron chi connectivity index (χ0n) is 14.2. The van der Waals surface area contributed by atoms with E-state index in [0.717, 1.165) is 0 Å². The summed E-state index contributed by atoms with van der Waals surface area (Å²) in [7, 11) is -1.85. The highest BCUT2D eigenvalue weighted by Crippen LogP contribution is 2.30. The average molecular weight is 385 g/mol. The Balaban J connectivity index is 2.12. The highest BCUT2D eigenvalue weighted by molar-refractivity contribution is 6.83. The molecule has 1 heterocycles. The first-order valence-electron chi connectivity index (χ1n) is 7.74. The van der Waals surface area contributed by atoms with E-state index in [2.05, 4.69) is 11.5 Å². The number of hydrogen-bond acceptors (Lipinski definition) is 6. The first-order valence-corrected chi connectivity index (χ1v) is 11.6. The van der Waals surface area contributed by atoms with Gasteiger partial charge in [0.25, 0.3) is 0 Å². The van der Waals surface area contributed by atoms with Gasteiger partial charge in [0.05, 0.1) is 5.56 Å². The van der Waals surface area contributed by atoms with Crippen molar-refractivity contribution in [1.82, 2.24) is 0 Å².